The minimum absolute atomic E-state index is 0.100. The molecule has 162 valence electrons. The van der Waals surface area contributed by atoms with Crippen LogP contribution in [0.4, 0.5) is 0 Å². The van der Waals surface area contributed by atoms with Crippen LogP contribution in [-0.4, -0.2) is 21.9 Å². The van der Waals surface area contributed by atoms with Crippen molar-refractivity contribution in [1.82, 2.24) is 9.47 Å². The molecule has 0 N–H and O–H groups in total. The molecule has 2 aromatic heterocycles. The minimum atomic E-state index is 0.100. The number of hydrogen-bond donors (Lipinski definition) is 0. The normalized spacial score (nSPS) is 19.9. The van der Waals surface area contributed by atoms with Crippen molar-refractivity contribution in [1.29, 1.82) is 0 Å². The van der Waals surface area contributed by atoms with Gasteiger partial charge in [-0.05, 0) is 55.0 Å². The first-order valence-corrected chi connectivity index (χ1v) is 11.6. The first kappa shape index (κ1) is 19.4. The molecule has 1 aliphatic carbocycles. The van der Waals surface area contributed by atoms with E-state index in [4.69, 9.17) is 4.42 Å². The number of carbonyl (C=O) groups is 1. The van der Waals surface area contributed by atoms with Gasteiger partial charge in [-0.2, -0.15) is 0 Å². The van der Waals surface area contributed by atoms with Gasteiger partial charge in [-0.1, -0.05) is 42.0 Å². The van der Waals surface area contributed by atoms with Gasteiger partial charge in [0, 0.05) is 54.6 Å². The number of furan rings is 1. The Balaban J connectivity index is 1.27. The largest absolute Gasteiger partial charge is 0.469 e. The summed E-state index contributed by atoms with van der Waals surface area (Å²) in [6.07, 6.45) is 5.81. The molecule has 6 rings (SSSR count). The Morgan fingerprint density at radius 3 is 2.91 bits per heavy atom. The van der Waals surface area contributed by atoms with Crippen LogP contribution in [0.1, 0.15) is 45.9 Å². The second-order valence-electron chi connectivity index (χ2n) is 9.49. The highest BCUT2D eigenvalue weighted by atomic mass is 16.3. The van der Waals surface area contributed by atoms with Crippen LogP contribution in [0.15, 0.2) is 65.4 Å². The van der Waals surface area contributed by atoms with E-state index in [2.05, 4.69) is 67.1 Å². The standard InChI is InChI=1S/C28H28N2O2/c1-18-7-8-19(2)21(13-18)16-30-17-25(22-5-3-4-6-26(22)30)23-14-24(23)28(31)29-11-9-27-20(15-29)10-12-32-27/h3-8,10,12-13,17,23-24H,9,11,14-16H2,1-2H3/t23-,24-/m0/s1. The zero-order chi connectivity index (χ0) is 21.8. The van der Waals surface area contributed by atoms with Gasteiger partial charge in [0.15, 0.2) is 0 Å². The van der Waals surface area contributed by atoms with Crippen LogP contribution in [0.2, 0.25) is 0 Å². The molecule has 4 heteroatoms. The van der Waals surface area contributed by atoms with E-state index in [0.29, 0.717) is 18.4 Å². The molecule has 32 heavy (non-hydrogen) atoms. The smallest absolute Gasteiger partial charge is 0.226 e. The Bertz CT molecular complexity index is 1330. The van der Waals surface area contributed by atoms with Crippen LogP contribution >= 0.6 is 0 Å². The average Bonchev–Trinajstić information content (AvgIpc) is 3.30. The summed E-state index contributed by atoms with van der Waals surface area (Å²) in [4.78, 5) is 15.3. The Morgan fingerprint density at radius 1 is 1.12 bits per heavy atom. The number of para-hydroxylation sites is 1. The molecule has 4 aromatic rings. The molecule has 0 unspecified atom stereocenters. The number of benzene rings is 2. The van der Waals surface area contributed by atoms with Gasteiger partial charge in [-0.15, -0.1) is 0 Å². The van der Waals surface area contributed by atoms with E-state index in [1.54, 1.807) is 6.26 Å². The molecule has 1 fully saturated rings. The van der Waals surface area contributed by atoms with E-state index in [9.17, 15) is 4.79 Å². The van der Waals surface area contributed by atoms with Gasteiger partial charge in [0.2, 0.25) is 5.91 Å². The van der Waals surface area contributed by atoms with E-state index in [0.717, 1.165) is 37.3 Å². The first-order valence-electron chi connectivity index (χ1n) is 11.6. The van der Waals surface area contributed by atoms with Crippen molar-refractivity contribution in [2.45, 2.75) is 45.7 Å². The molecule has 1 amide bonds. The lowest BCUT2D eigenvalue weighted by atomic mass is 10.1. The number of fused-ring (bicyclic) bond motifs is 2. The van der Waals surface area contributed by atoms with Gasteiger partial charge < -0.3 is 13.9 Å². The summed E-state index contributed by atoms with van der Waals surface area (Å²) in [5, 5.41) is 1.29. The number of aryl methyl sites for hydroxylation is 2. The highest BCUT2D eigenvalue weighted by Gasteiger charge is 2.47. The van der Waals surface area contributed by atoms with Crippen LogP contribution < -0.4 is 0 Å². The topological polar surface area (TPSA) is 38.4 Å². The second kappa shape index (κ2) is 7.40. The average molecular weight is 425 g/mol. The highest BCUT2D eigenvalue weighted by molar-refractivity contribution is 5.89. The zero-order valence-electron chi connectivity index (χ0n) is 18.7. The van der Waals surface area contributed by atoms with Crippen LogP contribution in [0.5, 0.6) is 0 Å². The molecule has 0 saturated heterocycles. The number of nitrogens with zero attached hydrogens (tertiary/aromatic N) is 2. The maximum absolute atomic E-state index is 13.3. The predicted octanol–water partition coefficient (Wildman–Crippen LogP) is 5.59. The fourth-order valence-electron chi connectivity index (χ4n) is 5.34. The van der Waals surface area contributed by atoms with Gasteiger partial charge in [0.1, 0.15) is 5.76 Å². The van der Waals surface area contributed by atoms with Crippen molar-refractivity contribution in [2.24, 2.45) is 5.92 Å². The highest BCUT2D eigenvalue weighted by Crippen LogP contribution is 2.51. The minimum Gasteiger partial charge on any atom is -0.469 e. The molecule has 0 radical (unpaired) electrons. The van der Waals surface area contributed by atoms with Crippen LogP contribution in [0, 0.1) is 19.8 Å². The molecule has 1 saturated carbocycles. The predicted molar refractivity (Wildman–Crippen MR) is 126 cm³/mol. The van der Waals surface area contributed by atoms with Gasteiger partial charge >= 0.3 is 0 Å². The van der Waals surface area contributed by atoms with Crippen molar-refractivity contribution in [2.75, 3.05) is 6.54 Å². The molecule has 1 aliphatic heterocycles. The lowest BCUT2D eigenvalue weighted by Crippen LogP contribution is -2.36. The Morgan fingerprint density at radius 2 is 2.00 bits per heavy atom. The van der Waals surface area contributed by atoms with Crippen molar-refractivity contribution in [3.05, 3.63) is 94.6 Å². The van der Waals surface area contributed by atoms with Crippen molar-refractivity contribution < 1.29 is 9.21 Å². The van der Waals surface area contributed by atoms with Gasteiger partial charge in [-0.25, -0.2) is 0 Å². The Kier molecular flexibility index (Phi) is 4.49. The molecule has 2 atom stereocenters. The molecule has 0 spiro atoms. The number of aromatic nitrogens is 1. The lowest BCUT2D eigenvalue weighted by molar-refractivity contribution is -0.133. The summed E-state index contributed by atoms with van der Waals surface area (Å²) in [6, 6.07) is 17.3. The van der Waals surface area contributed by atoms with Gasteiger partial charge in [0.25, 0.3) is 0 Å². The molecule has 0 bridgehead atoms. The van der Waals surface area contributed by atoms with E-state index in [1.165, 1.54) is 33.2 Å². The fraction of sp³-hybridized carbons (Fsp3) is 0.321. The number of rotatable bonds is 4. The Labute approximate surface area is 188 Å². The first-order chi connectivity index (χ1) is 15.6. The maximum atomic E-state index is 13.3. The fourth-order valence-corrected chi connectivity index (χ4v) is 5.34. The molecule has 3 heterocycles. The summed E-state index contributed by atoms with van der Waals surface area (Å²) in [5.41, 5.74) is 7.69. The SMILES string of the molecule is Cc1ccc(C)c(Cn2cc([C@H]3C[C@@H]3C(=O)N3CCc4occc4C3)c3ccccc32)c1. The molecular weight excluding hydrogens is 396 g/mol. The summed E-state index contributed by atoms with van der Waals surface area (Å²) in [6.45, 7) is 6.63. The number of carbonyl (C=O) groups excluding carboxylic acids is 1. The zero-order valence-corrected chi connectivity index (χ0v) is 18.7. The van der Waals surface area contributed by atoms with Crippen molar-refractivity contribution in [3.8, 4) is 0 Å². The quantitative estimate of drug-likeness (QED) is 0.428. The number of amides is 1. The summed E-state index contributed by atoms with van der Waals surface area (Å²) in [5.74, 6) is 1.76. The van der Waals surface area contributed by atoms with Gasteiger partial charge in [0.05, 0.1) is 6.26 Å². The van der Waals surface area contributed by atoms with Crippen molar-refractivity contribution >= 4 is 16.8 Å². The third-order valence-corrected chi connectivity index (χ3v) is 7.29. The molecule has 2 aromatic carbocycles. The monoisotopic (exact) mass is 424 g/mol. The van der Waals surface area contributed by atoms with E-state index < -0.39 is 0 Å². The third kappa shape index (κ3) is 3.26. The second-order valence-corrected chi connectivity index (χ2v) is 9.49. The van der Waals surface area contributed by atoms with Crippen LogP contribution in [0.3, 0.4) is 0 Å². The summed E-state index contributed by atoms with van der Waals surface area (Å²) < 4.78 is 7.89. The van der Waals surface area contributed by atoms with Gasteiger partial charge in [-0.3, -0.25) is 4.79 Å². The van der Waals surface area contributed by atoms with E-state index in [-0.39, 0.29) is 5.92 Å². The Hall–Kier alpha value is -3.27. The van der Waals surface area contributed by atoms with Crippen molar-refractivity contribution in [3.63, 3.8) is 0 Å². The van der Waals surface area contributed by atoms with Crippen LogP contribution in [-0.2, 0) is 24.3 Å². The van der Waals surface area contributed by atoms with E-state index >= 15 is 0 Å². The van der Waals surface area contributed by atoms with E-state index in [1.807, 2.05) is 11.0 Å². The molecular formula is C28H28N2O2. The lowest BCUT2D eigenvalue weighted by Gasteiger charge is -2.26. The van der Waals surface area contributed by atoms with Crippen LogP contribution in [0.25, 0.3) is 10.9 Å². The molecule has 4 nitrogen and oxygen atoms in total. The summed E-state index contributed by atoms with van der Waals surface area (Å²) in [7, 11) is 0. The maximum Gasteiger partial charge on any atom is 0.226 e. The summed E-state index contributed by atoms with van der Waals surface area (Å²) >= 11 is 0. The third-order valence-electron chi connectivity index (χ3n) is 7.29. The molecule has 2 aliphatic rings. The number of hydrogen-bond acceptors (Lipinski definition) is 2.